The molecule has 1 saturated carbocycles. The average molecular weight is 281 g/mol. The summed E-state index contributed by atoms with van der Waals surface area (Å²) in [6.07, 6.45) is 16.9. The number of hydrogen-bond acceptors (Lipinski definition) is 2. The van der Waals surface area contributed by atoms with Crippen LogP contribution in [0.15, 0.2) is 0 Å². The van der Waals surface area contributed by atoms with Crippen molar-refractivity contribution in [1.82, 2.24) is 0 Å². The van der Waals surface area contributed by atoms with Crippen LogP contribution in [0.25, 0.3) is 0 Å². The lowest BCUT2D eigenvalue weighted by Gasteiger charge is -2.40. The third-order valence-corrected chi connectivity index (χ3v) is 5.82. The Labute approximate surface area is 125 Å². The quantitative estimate of drug-likeness (QED) is 0.702. The highest BCUT2D eigenvalue weighted by atomic mass is 16.5. The van der Waals surface area contributed by atoms with Crippen molar-refractivity contribution in [2.45, 2.75) is 90.1 Å². The lowest BCUT2D eigenvalue weighted by atomic mass is 9.67. The van der Waals surface area contributed by atoms with Crippen LogP contribution in [0.3, 0.4) is 0 Å². The van der Waals surface area contributed by atoms with Gasteiger partial charge in [-0.25, -0.2) is 0 Å². The van der Waals surface area contributed by atoms with Gasteiger partial charge in [0.05, 0.1) is 6.10 Å². The van der Waals surface area contributed by atoms with Crippen LogP contribution in [0.4, 0.5) is 0 Å². The molecule has 1 saturated heterocycles. The summed E-state index contributed by atoms with van der Waals surface area (Å²) in [6, 6.07) is 0. The molecule has 0 aromatic rings. The van der Waals surface area contributed by atoms with Crippen LogP contribution < -0.4 is 5.73 Å². The van der Waals surface area contributed by atoms with E-state index in [1.807, 2.05) is 0 Å². The fourth-order valence-electron chi connectivity index (χ4n) is 4.20. The van der Waals surface area contributed by atoms with Crippen LogP contribution in [-0.4, -0.2) is 19.3 Å². The third-order valence-electron chi connectivity index (χ3n) is 5.82. The highest BCUT2D eigenvalue weighted by Crippen LogP contribution is 2.43. The van der Waals surface area contributed by atoms with Gasteiger partial charge in [0, 0.05) is 6.61 Å². The molecule has 20 heavy (non-hydrogen) atoms. The predicted molar refractivity (Wildman–Crippen MR) is 85.8 cm³/mol. The van der Waals surface area contributed by atoms with E-state index in [1.165, 1.54) is 77.0 Å². The Morgan fingerprint density at radius 2 is 1.90 bits per heavy atom. The summed E-state index contributed by atoms with van der Waals surface area (Å²) < 4.78 is 5.74. The molecule has 1 atom stereocenters. The van der Waals surface area contributed by atoms with E-state index < -0.39 is 0 Å². The van der Waals surface area contributed by atoms with Crippen LogP contribution in [0.1, 0.15) is 84.0 Å². The standard InChI is InChI=1S/C18H35NO/c1-2-3-6-16-9-12-18(15-19,13-10-16)11-4-7-17-8-5-14-20-17/h16-17H,2-15,19H2,1H3. The maximum absolute atomic E-state index is 6.15. The lowest BCUT2D eigenvalue weighted by molar-refractivity contribution is 0.0890. The van der Waals surface area contributed by atoms with Crippen molar-refractivity contribution < 1.29 is 4.74 Å². The smallest absolute Gasteiger partial charge is 0.0576 e. The number of nitrogens with two attached hydrogens (primary N) is 1. The van der Waals surface area contributed by atoms with Crippen LogP contribution in [0.2, 0.25) is 0 Å². The second-order valence-electron chi connectivity index (χ2n) is 7.32. The minimum atomic E-state index is 0.474. The summed E-state index contributed by atoms with van der Waals surface area (Å²) in [7, 11) is 0. The minimum Gasteiger partial charge on any atom is -0.378 e. The van der Waals surface area contributed by atoms with Gasteiger partial charge in [0.2, 0.25) is 0 Å². The van der Waals surface area contributed by atoms with Gasteiger partial charge in [0.1, 0.15) is 0 Å². The van der Waals surface area contributed by atoms with Crippen LogP contribution in [-0.2, 0) is 4.74 Å². The fraction of sp³-hybridized carbons (Fsp3) is 1.00. The van der Waals surface area contributed by atoms with Gasteiger partial charge in [0.15, 0.2) is 0 Å². The topological polar surface area (TPSA) is 35.2 Å². The van der Waals surface area contributed by atoms with Gasteiger partial charge in [-0.3, -0.25) is 0 Å². The van der Waals surface area contributed by atoms with Gasteiger partial charge in [0.25, 0.3) is 0 Å². The van der Waals surface area contributed by atoms with E-state index in [0.717, 1.165) is 19.1 Å². The SMILES string of the molecule is CCCCC1CCC(CN)(CCCC2CCCO2)CC1. The highest BCUT2D eigenvalue weighted by molar-refractivity contribution is 4.87. The molecule has 1 unspecified atom stereocenters. The second-order valence-corrected chi connectivity index (χ2v) is 7.32. The molecule has 2 N–H and O–H groups in total. The molecule has 0 aromatic carbocycles. The summed E-state index contributed by atoms with van der Waals surface area (Å²) in [5.74, 6) is 0.993. The molecule has 2 fully saturated rings. The summed E-state index contributed by atoms with van der Waals surface area (Å²) in [5, 5.41) is 0. The van der Waals surface area contributed by atoms with Gasteiger partial charge >= 0.3 is 0 Å². The minimum absolute atomic E-state index is 0.474. The van der Waals surface area contributed by atoms with Crippen LogP contribution in [0.5, 0.6) is 0 Å². The van der Waals surface area contributed by atoms with Gasteiger partial charge < -0.3 is 10.5 Å². The van der Waals surface area contributed by atoms with Gasteiger partial charge in [-0.2, -0.15) is 0 Å². The van der Waals surface area contributed by atoms with Crippen LogP contribution in [0, 0.1) is 11.3 Å². The number of ether oxygens (including phenoxy) is 1. The molecule has 118 valence electrons. The predicted octanol–water partition coefficient (Wildman–Crippen LogP) is 4.66. The normalized spacial score (nSPS) is 34.5. The molecule has 0 amide bonds. The molecule has 1 heterocycles. The second kappa shape index (κ2) is 8.38. The van der Waals surface area contributed by atoms with Gasteiger partial charge in [-0.15, -0.1) is 0 Å². The Hall–Kier alpha value is -0.0800. The Morgan fingerprint density at radius 3 is 2.50 bits per heavy atom. The largest absolute Gasteiger partial charge is 0.378 e. The first-order valence-electron chi connectivity index (χ1n) is 9.10. The summed E-state index contributed by atoms with van der Waals surface area (Å²) in [5.41, 5.74) is 6.62. The lowest BCUT2D eigenvalue weighted by Crippen LogP contribution is -2.35. The van der Waals surface area contributed by atoms with Crippen molar-refractivity contribution in [2.75, 3.05) is 13.2 Å². The van der Waals surface area contributed by atoms with Crippen molar-refractivity contribution in [2.24, 2.45) is 17.1 Å². The molecule has 0 spiro atoms. The fourth-order valence-corrected chi connectivity index (χ4v) is 4.20. The number of unbranched alkanes of at least 4 members (excludes halogenated alkanes) is 1. The number of hydrogen-bond donors (Lipinski definition) is 1. The molecule has 0 aromatic heterocycles. The molecule has 2 heteroatoms. The first-order valence-corrected chi connectivity index (χ1v) is 9.10. The van der Waals surface area contributed by atoms with E-state index in [0.29, 0.717) is 11.5 Å². The van der Waals surface area contributed by atoms with Crippen molar-refractivity contribution in [3.8, 4) is 0 Å². The Kier molecular flexibility index (Phi) is 6.83. The zero-order chi connectivity index (χ0) is 14.3. The monoisotopic (exact) mass is 281 g/mol. The third kappa shape index (κ3) is 4.73. The molecule has 0 bridgehead atoms. The van der Waals surface area contributed by atoms with Crippen molar-refractivity contribution >= 4 is 0 Å². The van der Waals surface area contributed by atoms with E-state index in [9.17, 15) is 0 Å². The Balaban J connectivity index is 1.67. The molecular formula is C18H35NO. The number of rotatable bonds is 8. The van der Waals surface area contributed by atoms with E-state index in [2.05, 4.69) is 6.92 Å². The summed E-state index contributed by atoms with van der Waals surface area (Å²) >= 11 is 0. The summed E-state index contributed by atoms with van der Waals surface area (Å²) in [6.45, 7) is 4.20. The molecule has 2 aliphatic rings. The van der Waals surface area contributed by atoms with E-state index in [-0.39, 0.29) is 0 Å². The maximum Gasteiger partial charge on any atom is 0.0576 e. The first kappa shape index (κ1) is 16.3. The van der Waals surface area contributed by atoms with Crippen molar-refractivity contribution in [3.63, 3.8) is 0 Å². The zero-order valence-corrected chi connectivity index (χ0v) is 13.5. The molecule has 2 nitrogen and oxygen atoms in total. The Morgan fingerprint density at radius 1 is 1.10 bits per heavy atom. The van der Waals surface area contributed by atoms with Crippen molar-refractivity contribution in [1.29, 1.82) is 0 Å². The molecule has 0 radical (unpaired) electrons. The van der Waals surface area contributed by atoms with E-state index >= 15 is 0 Å². The molecule has 2 rings (SSSR count). The van der Waals surface area contributed by atoms with E-state index in [1.54, 1.807) is 0 Å². The average Bonchev–Trinajstić information content (AvgIpc) is 3.00. The summed E-state index contributed by atoms with van der Waals surface area (Å²) in [4.78, 5) is 0. The maximum atomic E-state index is 6.15. The molecular weight excluding hydrogens is 246 g/mol. The molecule has 1 aliphatic heterocycles. The molecule has 1 aliphatic carbocycles. The zero-order valence-electron chi connectivity index (χ0n) is 13.5. The van der Waals surface area contributed by atoms with E-state index in [4.69, 9.17) is 10.5 Å². The van der Waals surface area contributed by atoms with Gasteiger partial charge in [-0.1, -0.05) is 32.6 Å². The first-order chi connectivity index (χ1) is 9.78. The highest BCUT2D eigenvalue weighted by Gasteiger charge is 2.33. The van der Waals surface area contributed by atoms with Crippen LogP contribution >= 0.6 is 0 Å². The Bertz CT molecular complexity index is 252. The van der Waals surface area contributed by atoms with Gasteiger partial charge in [-0.05, 0) is 69.2 Å². The van der Waals surface area contributed by atoms with Crippen molar-refractivity contribution in [3.05, 3.63) is 0 Å².